The third-order valence-corrected chi connectivity index (χ3v) is 3.45. The lowest BCUT2D eigenvalue weighted by Crippen LogP contribution is -2.24. The number of fused-ring (bicyclic) bond motifs is 1. The van der Waals surface area contributed by atoms with Gasteiger partial charge in [0.05, 0.1) is 21.6 Å². The molecule has 0 amide bonds. The standard InChI is InChI=1S/C15H10ClFN2O2/c16-11-3-1-2-4-13(11)19-14(8-20)18-12-6-5-9(17)7-10(12)15(19)21/h1-7,20H,8H2. The molecule has 1 heterocycles. The topological polar surface area (TPSA) is 55.1 Å². The Morgan fingerprint density at radius 2 is 2.00 bits per heavy atom. The fourth-order valence-electron chi connectivity index (χ4n) is 2.19. The largest absolute Gasteiger partial charge is 0.388 e. The van der Waals surface area contributed by atoms with Crippen LogP contribution in [0.25, 0.3) is 16.6 Å². The lowest BCUT2D eigenvalue weighted by Gasteiger charge is -2.13. The molecule has 1 N–H and O–H groups in total. The van der Waals surface area contributed by atoms with E-state index in [0.29, 0.717) is 16.2 Å². The molecule has 21 heavy (non-hydrogen) atoms. The monoisotopic (exact) mass is 304 g/mol. The van der Waals surface area contributed by atoms with Crippen molar-refractivity contribution in [3.05, 3.63) is 69.5 Å². The summed E-state index contributed by atoms with van der Waals surface area (Å²) in [5.41, 5.74) is 0.247. The summed E-state index contributed by atoms with van der Waals surface area (Å²) in [6.07, 6.45) is 0. The number of hydrogen-bond acceptors (Lipinski definition) is 3. The van der Waals surface area contributed by atoms with Crippen LogP contribution in [0, 0.1) is 5.82 Å². The summed E-state index contributed by atoms with van der Waals surface area (Å²) >= 11 is 6.10. The molecule has 0 saturated carbocycles. The summed E-state index contributed by atoms with van der Waals surface area (Å²) in [5.74, 6) is -0.379. The van der Waals surface area contributed by atoms with E-state index in [1.807, 2.05) is 0 Å². The van der Waals surface area contributed by atoms with Gasteiger partial charge in [-0.2, -0.15) is 0 Å². The zero-order chi connectivity index (χ0) is 15.0. The first-order valence-corrected chi connectivity index (χ1v) is 6.56. The van der Waals surface area contributed by atoms with Crippen LogP contribution in [-0.2, 0) is 6.61 Å². The lowest BCUT2D eigenvalue weighted by atomic mass is 10.2. The highest BCUT2D eigenvalue weighted by molar-refractivity contribution is 6.32. The highest BCUT2D eigenvalue weighted by Gasteiger charge is 2.14. The van der Waals surface area contributed by atoms with Crippen molar-refractivity contribution < 1.29 is 9.50 Å². The fourth-order valence-corrected chi connectivity index (χ4v) is 2.41. The van der Waals surface area contributed by atoms with Gasteiger partial charge in [-0.15, -0.1) is 0 Å². The number of aliphatic hydroxyl groups is 1. The highest BCUT2D eigenvalue weighted by Crippen LogP contribution is 2.21. The molecule has 3 aromatic rings. The maximum absolute atomic E-state index is 13.4. The molecule has 4 nitrogen and oxygen atoms in total. The molecule has 0 fully saturated rings. The molecule has 0 unspecified atom stereocenters. The minimum Gasteiger partial charge on any atom is -0.388 e. The van der Waals surface area contributed by atoms with Gasteiger partial charge in [-0.05, 0) is 30.3 Å². The Balaban J connectivity index is 2.44. The number of rotatable bonds is 2. The quantitative estimate of drug-likeness (QED) is 0.792. The van der Waals surface area contributed by atoms with Crippen molar-refractivity contribution in [2.24, 2.45) is 0 Å². The molecule has 0 aliphatic heterocycles. The molecule has 0 radical (unpaired) electrons. The Hall–Kier alpha value is -2.24. The Labute approximate surface area is 124 Å². The lowest BCUT2D eigenvalue weighted by molar-refractivity contribution is 0.268. The molecule has 106 valence electrons. The SMILES string of the molecule is O=c1c2cc(F)ccc2nc(CO)n1-c1ccccc1Cl. The molecule has 0 aliphatic rings. The number of halogens is 2. The fraction of sp³-hybridized carbons (Fsp3) is 0.0667. The second-order valence-corrected chi connectivity index (χ2v) is 4.85. The maximum atomic E-state index is 13.4. The Morgan fingerprint density at radius 1 is 1.24 bits per heavy atom. The van der Waals surface area contributed by atoms with Gasteiger partial charge in [0, 0.05) is 0 Å². The molecule has 0 bridgehead atoms. The molecule has 0 atom stereocenters. The third-order valence-electron chi connectivity index (χ3n) is 3.13. The van der Waals surface area contributed by atoms with E-state index in [2.05, 4.69) is 4.98 Å². The average molecular weight is 305 g/mol. The molecule has 2 aromatic carbocycles. The van der Waals surface area contributed by atoms with Crippen LogP contribution < -0.4 is 5.56 Å². The maximum Gasteiger partial charge on any atom is 0.266 e. The van der Waals surface area contributed by atoms with Crippen LogP contribution in [0.5, 0.6) is 0 Å². The van der Waals surface area contributed by atoms with Crippen LogP contribution in [0.15, 0.2) is 47.3 Å². The van der Waals surface area contributed by atoms with Crippen molar-refractivity contribution in [2.45, 2.75) is 6.61 Å². The number of para-hydroxylation sites is 1. The number of nitrogens with zero attached hydrogens (tertiary/aromatic N) is 2. The van der Waals surface area contributed by atoms with E-state index in [4.69, 9.17) is 11.6 Å². The molecule has 1 aromatic heterocycles. The first-order chi connectivity index (χ1) is 10.1. The highest BCUT2D eigenvalue weighted by atomic mass is 35.5. The summed E-state index contributed by atoms with van der Waals surface area (Å²) in [5, 5.41) is 9.94. The summed E-state index contributed by atoms with van der Waals surface area (Å²) in [7, 11) is 0. The van der Waals surface area contributed by atoms with Crippen LogP contribution in [0.2, 0.25) is 5.02 Å². The minimum absolute atomic E-state index is 0.132. The molecular formula is C15H10ClFN2O2. The number of hydrogen-bond donors (Lipinski definition) is 1. The van der Waals surface area contributed by atoms with Gasteiger partial charge in [0.25, 0.3) is 5.56 Å². The van der Waals surface area contributed by atoms with Gasteiger partial charge >= 0.3 is 0 Å². The second kappa shape index (κ2) is 5.27. The predicted molar refractivity (Wildman–Crippen MR) is 78.2 cm³/mol. The Morgan fingerprint density at radius 3 is 2.71 bits per heavy atom. The van der Waals surface area contributed by atoms with E-state index in [-0.39, 0.29) is 11.2 Å². The summed E-state index contributed by atoms with van der Waals surface area (Å²) in [6.45, 7) is -0.437. The third kappa shape index (κ3) is 2.30. The first-order valence-electron chi connectivity index (χ1n) is 6.19. The van der Waals surface area contributed by atoms with Gasteiger partial charge < -0.3 is 5.11 Å². The smallest absolute Gasteiger partial charge is 0.266 e. The Bertz CT molecular complexity index is 892. The normalized spacial score (nSPS) is 11.0. The van der Waals surface area contributed by atoms with Gasteiger partial charge in [0.2, 0.25) is 0 Å². The number of aromatic nitrogens is 2. The van der Waals surface area contributed by atoms with Crippen LogP contribution in [0.1, 0.15) is 5.82 Å². The van der Waals surface area contributed by atoms with E-state index < -0.39 is 18.0 Å². The molecule has 0 aliphatic carbocycles. The van der Waals surface area contributed by atoms with Crippen molar-refractivity contribution in [3.8, 4) is 5.69 Å². The summed E-state index contributed by atoms with van der Waals surface area (Å²) in [4.78, 5) is 16.8. The Kier molecular flexibility index (Phi) is 3.45. The van der Waals surface area contributed by atoms with Crippen LogP contribution in [0.4, 0.5) is 4.39 Å². The van der Waals surface area contributed by atoms with E-state index in [0.717, 1.165) is 6.07 Å². The van der Waals surface area contributed by atoms with Crippen LogP contribution >= 0.6 is 11.6 Å². The second-order valence-electron chi connectivity index (χ2n) is 4.44. The van der Waals surface area contributed by atoms with E-state index in [1.54, 1.807) is 24.3 Å². The number of benzene rings is 2. The van der Waals surface area contributed by atoms with Crippen LogP contribution in [-0.4, -0.2) is 14.7 Å². The zero-order valence-electron chi connectivity index (χ0n) is 10.8. The van der Waals surface area contributed by atoms with E-state index >= 15 is 0 Å². The minimum atomic E-state index is -0.524. The predicted octanol–water partition coefficient (Wildman–Crippen LogP) is 2.67. The number of aliphatic hydroxyl groups excluding tert-OH is 1. The first kappa shape index (κ1) is 13.7. The van der Waals surface area contributed by atoms with Crippen molar-refractivity contribution >= 4 is 22.5 Å². The van der Waals surface area contributed by atoms with Crippen LogP contribution in [0.3, 0.4) is 0 Å². The van der Waals surface area contributed by atoms with E-state index in [9.17, 15) is 14.3 Å². The van der Waals surface area contributed by atoms with Gasteiger partial charge in [-0.25, -0.2) is 9.37 Å². The average Bonchev–Trinajstić information content (AvgIpc) is 2.49. The van der Waals surface area contributed by atoms with Gasteiger partial charge in [-0.3, -0.25) is 9.36 Å². The van der Waals surface area contributed by atoms with Crippen molar-refractivity contribution in [1.29, 1.82) is 0 Å². The van der Waals surface area contributed by atoms with Crippen molar-refractivity contribution in [1.82, 2.24) is 9.55 Å². The molecule has 0 saturated heterocycles. The summed E-state index contributed by atoms with van der Waals surface area (Å²) < 4.78 is 14.6. The zero-order valence-corrected chi connectivity index (χ0v) is 11.5. The summed E-state index contributed by atoms with van der Waals surface area (Å²) in [6, 6.07) is 10.4. The van der Waals surface area contributed by atoms with Crippen molar-refractivity contribution in [3.63, 3.8) is 0 Å². The van der Waals surface area contributed by atoms with Gasteiger partial charge in [0.15, 0.2) is 0 Å². The molecular weight excluding hydrogens is 295 g/mol. The molecule has 6 heteroatoms. The molecule has 0 spiro atoms. The van der Waals surface area contributed by atoms with Crippen molar-refractivity contribution in [2.75, 3.05) is 0 Å². The molecule has 3 rings (SSSR count). The van der Waals surface area contributed by atoms with Gasteiger partial charge in [0.1, 0.15) is 18.2 Å². The van der Waals surface area contributed by atoms with Gasteiger partial charge in [-0.1, -0.05) is 23.7 Å². The van der Waals surface area contributed by atoms with E-state index in [1.165, 1.54) is 16.7 Å².